The van der Waals surface area contributed by atoms with E-state index in [0.717, 1.165) is 45.7 Å². The van der Waals surface area contributed by atoms with Gasteiger partial charge in [0.2, 0.25) is 0 Å². The fourth-order valence-corrected chi connectivity index (χ4v) is 2.74. The van der Waals surface area contributed by atoms with E-state index in [4.69, 9.17) is 0 Å². The molecule has 2 fully saturated rings. The summed E-state index contributed by atoms with van der Waals surface area (Å²) in [6, 6.07) is 0.589. The van der Waals surface area contributed by atoms with Crippen LogP contribution in [-0.2, 0) is 6.54 Å². The van der Waals surface area contributed by atoms with Crippen molar-refractivity contribution in [2.24, 2.45) is 0 Å². The molecule has 1 aromatic heterocycles. The summed E-state index contributed by atoms with van der Waals surface area (Å²) in [5, 5.41) is 3.34. The van der Waals surface area contributed by atoms with Crippen LogP contribution in [0, 0.1) is 0 Å². The third-order valence-corrected chi connectivity index (χ3v) is 3.70. The molecule has 0 saturated carbocycles. The Morgan fingerprint density at radius 2 is 2.39 bits per heavy atom. The molecule has 1 unspecified atom stereocenters. The Morgan fingerprint density at radius 3 is 3.17 bits per heavy atom. The van der Waals surface area contributed by atoms with Crippen LogP contribution in [-0.4, -0.2) is 64.1 Å². The number of piperazine rings is 1. The first-order valence-electron chi connectivity index (χ1n) is 6.56. The minimum atomic E-state index is 0.215. The summed E-state index contributed by atoms with van der Waals surface area (Å²) in [7, 11) is 0. The highest BCUT2D eigenvalue weighted by Gasteiger charge is 2.37. The third-order valence-electron chi connectivity index (χ3n) is 3.70. The molecule has 0 radical (unpaired) electrons. The average Bonchev–Trinajstić information content (AvgIpc) is 3.00. The fourth-order valence-electron chi connectivity index (χ4n) is 2.74. The van der Waals surface area contributed by atoms with Gasteiger partial charge in [-0.2, -0.15) is 0 Å². The van der Waals surface area contributed by atoms with E-state index in [1.165, 1.54) is 0 Å². The van der Waals surface area contributed by atoms with Gasteiger partial charge in [-0.3, -0.25) is 0 Å². The molecule has 2 amide bonds. The van der Waals surface area contributed by atoms with Crippen LogP contribution in [0.15, 0.2) is 18.7 Å². The number of urea groups is 1. The summed E-state index contributed by atoms with van der Waals surface area (Å²) >= 11 is 0. The number of nitrogens with one attached hydrogen (secondary N) is 1. The van der Waals surface area contributed by atoms with E-state index >= 15 is 0 Å². The van der Waals surface area contributed by atoms with Gasteiger partial charge < -0.3 is 19.7 Å². The predicted molar refractivity (Wildman–Crippen MR) is 67.2 cm³/mol. The SMILES string of the molecule is O=C1N(CCCn2ccnc2)CC2CNCCN12. The maximum Gasteiger partial charge on any atom is 0.320 e. The first-order chi connectivity index (χ1) is 8.84. The zero-order chi connectivity index (χ0) is 12.4. The second-order valence-electron chi connectivity index (χ2n) is 4.93. The quantitative estimate of drug-likeness (QED) is 0.816. The van der Waals surface area contributed by atoms with Crippen LogP contribution in [0.3, 0.4) is 0 Å². The molecule has 3 rings (SSSR count). The second kappa shape index (κ2) is 4.97. The number of carbonyl (C=O) groups is 1. The van der Waals surface area contributed by atoms with Gasteiger partial charge in [0, 0.05) is 51.7 Å². The van der Waals surface area contributed by atoms with E-state index in [9.17, 15) is 4.79 Å². The maximum atomic E-state index is 12.1. The van der Waals surface area contributed by atoms with Gasteiger partial charge in [-0.15, -0.1) is 0 Å². The zero-order valence-electron chi connectivity index (χ0n) is 10.5. The molecular formula is C12H19N5O. The van der Waals surface area contributed by atoms with Gasteiger partial charge in [0.1, 0.15) is 0 Å². The van der Waals surface area contributed by atoms with Crippen molar-refractivity contribution in [1.82, 2.24) is 24.7 Å². The van der Waals surface area contributed by atoms with Crippen molar-refractivity contribution in [3.8, 4) is 0 Å². The summed E-state index contributed by atoms with van der Waals surface area (Å²) < 4.78 is 2.05. The fraction of sp³-hybridized carbons (Fsp3) is 0.667. The number of amides is 2. The highest BCUT2D eigenvalue weighted by molar-refractivity contribution is 5.77. The van der Waals surface area contributed by atoms with Crippen molar-refractivity contribution in [2.45, 2.75) is 19.0 Å². The van der Waals surface area contributed by atoms with Gasteiger partial charge >= 0.3 is 6.03 Å². The molecular weight excluding hydrogens is 230 g/mol. The van der Waals surface area contributed by atoms with Crippen molar-refractivity contribution >= 4 is 6.03 Å². The standard InChI is InChI=1S/C12H19N5O/c18-12-16(5-1-4-15-6-2-14-10-15)9-11-8-13-3-7-17(11)12/h2,6,10-11,13H,1,3-5,7-9H2. The maximum absolute atomic E-state index is 12.1. The summed E-state index contributed by atoms with van der Waals surface area (Å²) in [5.41, 5.74) is 0. The Hall–Kier alpha value is -1.56. The number of carbonyl (C=O) groups excluding carboxylic acids is 1. The van der Waals surface area contributed by atoms with Crippen LogP contribution in [0.1, 0.15) is 6.42 Å². The molecule has 0 bridgehead atoms. The highest BCUT2D eigenvalue weighted by atomic mass is 16.2. The number of aryl methyl sites for hydroxylation is 1. The van der Waals surface area contributed by atoms with Gasteiger partial charge in [0.25, 0.3) is 0 Å². The number of imidazole rings is 1. The lowest BCUT2D eigenvalue weighted by Crippen LogP contribution is -2.49. The summed E-state index contributed by atoms with van der Waals surface area (Å²) in [6.45, 7) is 5.34. The van der Waals surface area contributed by atoms with E-state index in [0.29, 0.717) is 6.04 Å². The van der Waals surface area contributed by atoms with E-state index in [1.54, 1.807) is 6.20 Å². The van der Waals surface area contributed by atoms with E-state index in [2.05, 4.69) is 14.9 Å². The van der Waals surface area contributed by atoms with Crippen LogP contribution < -0.4 is 5.32 Å². The molecule has 6 heteroatoms. The molecule has 18 heavy (non-hydrogen) atoms. The van der Waals surface area contributed by atoms with Gasteiger partial charge in [-0.1, -0.05) is 0 Å². The number of rotatable bonds is 4. The lowest BCUT2D eigenvalue weighted by atomic mass is 10.2. The highest BCUT2D eigenvalue weighted by Crippen LogP contribution is 2.17. The Labute approximate surface area is 107 Å². The minimum Gasteiger partial charge on any atom is -0.337 e. The molecule has 6 nitrogen and oxygen atoms in total. The predicted octanol–water partition coefficient (Wildman–Crippen LogP) is -0.0174. The van der Waals surface area contributed by atoms with E-state index < -0.39 is 0 Å². The van der Waals surface area contributed by atoms with Crippen molar-refractivity contribution < 1.29 is 4.79 Å². The van der Waals surface area contributed by atoms with Gasteiger partial charge in [0.15, 0.2) is 0 Å². The van der Waals surface area contributed by atoms with E-state index in [1.807, 2.05) is 22.3 Å². The smallest absolute Gasteiger partial charge is 0.320 e. The lowest BCUT2D eigenvalue weighted by molar-refractivity contribution is 0.178. The molecule has 0 spiro atoms. The first kappa shape index (κ1) is 11.5. The first-order valence-corrected chi connectivity index (χ1v) is 6.56. The van der Waals surface area contributed by atoms with Crippen LogP contribution >= 0.6 is 0 Å². The van der Waals surface area contributed by atoms with Crippen molar-refractivity contribution in [2.75, 3.05) is 32.7 Å². The van der Waals surface area contributed by atoms with Crippen LogP contribution in [0.2, 0.25) is 0 Å². The van der Waals surface area contributed by atoms with Crippen molar-refractivity contribution in [3.63, 3.8) is 0 Å². The number of fused-ring (bicyclic) bond motifs is 1. The molecule has 2 aliphatic heterocycles. The van der Waals surface area contributed by atoms with Crippen LogP contribution in [0.25, 0.3) is 0 Å². The lowest BCUT2D eigenvalue weighted by Gasteiger charge is -2.28. The molecule has 1 aromatic rings. The summed E-state index contributed by atoms with van der Waals surface area (Å²) in [4.78, 5) is 20.1. The van der Waals surface area contributed by atoms with Crippen LogP contribution in [0.4, 0.5) is 4.79 Å². The minimum absolute atomic E-state index is 0.215. The average molecular weight is 249 g/mol. The summed E-state index contributed by atoms with van der Waals surface area (Å²) in [5.74, 6) is 0. The monoisotopic (exact) mass is 249 g/mol. The topological polar surface area (TPSA) is 53.4 Å². The molecule has 0 aromatic carbocycles. The normalized spacial score (nSPS) is 23.6. The molecule has 1 atom stereocenters. The second-order valence-corrected chi connectivity index (χ2v) is 4.93. The number of hydrogen-bond donors (Lipinski definition) is 1. The van der Waals surface area contributed by atoms with E-state index in [-0.39, 0.29) is 6.03 Å². The van der Waals surface area contributed by atoms with Crippen molar-refractivity contribution in [3.05, 3.63) is 18.7 Å². The Kier molecular flexibility index (Phi) is 3.19. The van der Waals surface area contributed by atoms with Crippen molar-refractivity contribution in [1.29, 1.82) is 0 Å². The Balaban J connectivity index is 1.50. The van der Waals surface area contributed by atoms with Gasteiger partial charge in [-0.05, 0) is 6.42 Å². The summed E-state index contributed by atoms with van der Waals surface area (Å²) in [6.07, 6.45) is 6.54. The van der Waals surface area contributed by atoms with Gasteiger partial charge in [0.05, 0.1) is 12.4 Å². The zero-order valence-corrected chi connectivity index (χ0v) is 10.5. The van der Waals surface area contributed by atoms with Crippen LogP contribution in [0.5, 0.6) is 0 Å². The largest absolute Gasteiger partial charge is 0.337 e. The molecule has 0 aliphatic carbocycles. The number of nitrogens with zero attached hydrogens (tertiary/aromatic N) is 4. The number of hydrogen-bond acceptors (Lipinski definition) is 3. The van der Waals surface area contributed by atoms with Gasteiger partial charge in [-0.25, -0.2) is 9.78 Å². The third kappa shape index (κ3) is 2.20. The molecule has 2 saturated heterocycles. The molecule has 98 valence electrons. The molecule has 2 aliphatic rings. The Morgan fingerprint density at radius 1 is 1.44 bits per heavy atom. The Bertz CT molecular complexity index is 405. The molecule has 1 N–H and O–H groups in total. The molecule has 3 heterocycles. The number of aromatic nitrogens is 2.